The molecule has 2 aliphatic rings. The van der Waals surface area contributed by atoms with Gasteiger partial charge in [-0.2, -0.15) is 0 Å². The molecular formula is C28H29FN2O7S. The van der Waals surface area contributed by atoms with Crippen molar-refractivity contribution in [3.63, 3.8) is 0 Å². The van der Waals surface area contributed by atoms with Crippen LogP contribution in [0.25, 0.3) is 0 Å². The molecule has 3 N–H and O–H groups in total. The number of rotatable bonds is 9. The number of benzene rings is 3. The quantitative estimate of drug-likeness (QED) is 0.370. The number of amides is 1. The molecule has 2 heterocycles. The van der Waals surface area contributed by atoms with Crippen LogP contribution in [-0.2, 0) is 26.1 Å². The zero-order chi connectivity index (χ0) is 27.6. The largest absolute Gasteiger partial charge is 0.497 e. The Labute approximate surface area is 226 Å². The molecule has 5 rings (SSSR count). The van der Waals surface area contributed by atoms with E-state index in [1.807, 2.05) is 0 Å². The van der Waals surface area contributed by atoms with Crippen molar-refractivity contribution in [2.24, 2.45) is 0 Å². The Balaban J connectivity index is 1.29. The van der Waals surface area contributed by atoms with Gasteiger partial charge in [-0.05, 0) is 54.4 Å². The summed E-state index contributed by atoms with van der Waals surface area (Å²) in [7, 11) is -2.42. The van der Waals surface area contributed by atoms with Gasteiger partial charge in [0.15, 0.2) is 0 Å². The molecule has 0 spiro atoms. The van der Waals surface area contributed by atoms with Gasteiger partial charge in [-0.3, -0.25) is 9.52 Å². The van der Waals surface area contributed by atoms with Crippen LogP contribution in [0.4, 0.5) is 10.1 Å². The number of aliphatic hydroxyl groups is 1. The first kappa shape index (κ1) is 26.9. The molecule has 0 radical (unpaired) electrons. The van der Waals surface area contributed by atoms with Gasteiger partial charge in [0, 0.05) is 29.8 Å². The fraction of sp³-hybridized carbons (Fsp3) is 0.321. The van der Waals surface area contributed by atoms with E-state index in [-0.39, 0.29) is 42.1 Å². The van der Waals surface area contributed by atoms with Crippen LogP contribution < -0.4 is 19.5 Å². The van der Waals surface area contributed by atoms with Crippen molar-refractivity contribution in [3.8, 4) is 11.5 Å². The Kier molecular flexibility index (Phi) is 7.74. The van der Waals surface area contributed by atoms with Crippen LogP contribution in [0.15, 0.2) is 71.6 Å². The summed E-state index contributed by atoms with van der Waals surface area (Å²) in [6.45, 7) is -0.118. The predicted octanol–water partition coefficient (Wildman–Crippen LogP) is 3.34. The minimum Gasteiger partial charge on any atom is -0.497 e. The van der Waals surface area contributed by atoms with Gasteiger partial charge in [-0.1, -0.05) is 18.2 Å². The van der Waals surface area contributed by atoms with Crippen LogP contribution >= 0.6 is 0 Å². The number of hydrogen-bond acceptors (Lipinski definition) is 7. The van der Waals surface area contributed by atoms with Crippen molar-refractivity contribution >= 4 is 21.6 Å². The summed E-state index contributed by atoms with van der Waals surface area (Å²) >= 11 is 0. The molecule has 11 heteroatoms. The average molecular weight is 557 g/mol. The lowest BCUT2D eigenvalue weighted by atomic mass is 9.84. The van der Waals surface area contributed by atoms with Gasteiger partial charge in [0.2, 0.25) is 5.91 Å². The molecule has 0 saturated carbocycles. The number of carbonyl (C=O) groups excluding carboxylic acids is 1. The summed E-state index contributed by atoms with van der Waals surface area (Å²) in [5, 5.41) is 12.8. The molecule has 1 fully saturated rings. The fourth-order valence-corrected chi connectivity index (χ4v) is 6.15. The first-order chi connectivity index (χ1) is 18.8. The third-order valence-corrected chi connectivity index (χ3v) is 8.27. The summed E-state index contributed by atoms with van der Waals surface area (Å²) < 4.78 is 59.2. The van der Waals surface area contributed by atoms with E-state index in [2.05, 4.69) is 10.0 Å². The third kappa shape index (κ3) is 6.00. The van der Waals surface area contributed by atoms with Gasteiger partial charge in [0.25, 0.3) is 10.0 Å². The second-order valence-electron chi connectivity index (χ2n) is 9.55. The molecule has 0 bridgehead atoms. The molecule has 1 saturated heterocycles. The van der Waals surface area contributed by atoms with Gasteiger partial charge < -0.3 is 24.6 Å². The molecule has 0 aliphatic carbocycles. The number of fused-ring (bicyclic) bond motifs is 3. The van der Waals surface area contributed by atoms with Crippen molar-refractivity contribution in [2.75, 3.05) is 18.4 Å². The highest BCUT2D eigenvalue weighted by Gasteiger charge is 2.46. The predicted molar refractivity (Wildman–Crippen MR) is 141 cm³/mol. The topological polar surface area (TPSA) is 123 Å². The normalized spacial score (nSPS) is 21.8. The van der Waals surface area contributed by atoms with Gasteiger partial charge in [-0.15, -0.1) is 0 Å². The summed E-state index contributed by atoms with van der Waals surface area (Å²) in [6, 6.07) is 17.2. The van der Waals surface area contributed by atoms with Crippen LogP contribution in [-0.4, -0.2) is 51.5 Å². The number of nitrogens with one attached hydrogen (secondary N) is 2. The highest BCUT2D eigenvalue weighted by molar-refractivity contribution is 7.92. The lowest BCUT2D eigenvalue weighted by Gasteiger charge is -2.37. The van der Waals surface area contributed by atoms with E-state index in [4.69, 9.17) is 14.2 Å². The Morgan fingerprint density at radius 3 is 2.72 bits per heavy atom. The summed E-state index contributed by atoms with van der Waals surface area (Å²) in [5.41, 5.74) is 1.78. The summed E-state index contributed by atoms with van der Waals surface area (Å²) in [5.74, 6) is 0.143. The van der Waals surface area contributed by atoms with E-state index >= 15 is 0 Å². The molecule has 206 valence electrons. The van der Waals surface area contributed by atoms with E-state index in [0.29, 0.717) is 29.2 Å². The van der Waals surface area contributed by atoms with Crippen LogP contribution in [0.2, 0.25) is 0 Å². The molecule has 39 heavy (non-hydrogen) atoms. The van der Waals surface area contributed by atoms with E-state index < -0.39 is 28.3 Å². The number of aliphatic hydroxyl groups excluding tert-OH is 1. The maximum atomic E-state index is 13.4. The number of carbonyl (C=O) groups is 1. The van der Waals surface area contributed by atoms with Crippen LogP contribution in [0.5, 0.6) is 11.5 Å². The van der Waals surface area contributed by atoms with Crippen molar-refractivity contribution in [2.45, 2.75) is 48.5 Å². The Hall–Kier alpha value is -3.67. The van der Waals surface area contributed by atoms with Crippen LogP contribution in [0, 0.1) is 5.82 Å². The second-order valence-corrected chi connectivity index (χ2v) is 11.2. The van der Waals surface area contributed by atoms with E-state index in [1.54, 1.807) is 42.5 Å². The van der Waals surface area contributed by atoms with Gasteiger partial charge >= 0.3 is 0 Å². The summed E-state index contributed by atoms with van der Waals surface area (Å²) in [6.07, 6.45) is -1.14. The van der Waals surface area contributed by atoms with E-state index in [9.17, 15) is 22.7 Å². The van der Waals surface area contributed by atoms with Crippen LogP contribution in [0.3, 0.4) is 0 Å². The molecule has 0 unspecified atom stereocenters. The van der Waals surface area contributed by atoms with E-state index in [1.165, 1.54) is 31.4 Å². The molecule has 9 nitrogen and oxygen atoms in total. The number of ether oxygens (including phenoxy) is 3. The fourth-order valence-electron chi connectivity index (χ4n) is 5.06. The minimum atomic E-state index is -3.88. The van der Waals surface area contributed by atoms with Crippen molar-refractivity contribution < 1.29 is 36.9 Å². The SMILES string of the molecule is COc1cccc(S(=O)(=O)Nc2ccc3c(c2)[C@H]2C[C@@H](CC(=O)NCc4cccc(F)c4)O[C@@H](CO)[C@H]2O3)c1. The number of sulfonamides is 1. The molecule has 3 aromatic carbocycles. The van der Waals surface area contributed by atoms with Gasteiger partial charge in [0.05, 0.1) is 31.1 Å². The first-order valence-corrected chi connectivity index (χ1v) is 14.0. The average Bonchev–Trinajstić information content (AvgIpc) is 3.29. The Bertz CT molecular complexity index is 1470. The van der Waals surface area contributed by atoms with E-state index in [0.717, 1.165) is 5.56 Å². The summed E-state index contributed by atoms with van der Waals surface area (Å²) in [4.78, 5) is 12.7. The van der Waals surface area contributed by atoms with Crippen molar-refractivity contribution in [1.82, 2.24) is 5.32 Å². The molecule has 3 aromatic rings. The highest BCUT2D eigenvalue weighted by Crippen LogP contribution is 2.47. The smallest absolute Gasteiger partial charge is 0.262 e. The minimum absolute atomic E-state index is 0.0481. The maximum Gasteiger partial charge on any atom is 0.262 e. The molecular weight excluding hydrogens is 527 g/mol. The van der Waals surface area contributed by atoms with Gasteiger partial charge in [-0.25, -0.2) is 12.8 Å². The van der Waals surface area contributed by atoms with Gasteiger partial charge in [0.1, 0.15) is 29.5 Å². The Morgan fingerprint density at radius 2 is 1.95 bits per heavy atom. The number of halogens is 1. The van der Waals surface area contributed by atoms with Crippen molar-refractivity contribution in [3.05, 3.63) is 83.7 Å². The van der Waals surface area contributed by atoms with Crippen LogP contribution in [0.1, 0.15) is 29.9 Å². The monoisotopic (exact) mass is 556 g/mol. The number of methoxy groups -OCH3 is 1. The molecule has 0 aromatic heterocycles. The number of hydrogen-bond donors (Lipinski definition) is 3. The van der Waals surface area contributed by atoms with Crippen molar-refractivity contribution in [1.29, 1.82) is 0 Å². The molecule has 4 atom stereocenters. The Morgan fingerprint density at radius 1 is 1.13 bits per heavy atom. The second kappa shape index (κ2) is 11.2. The highest BCUT2D eigenvalue weighted by atomic mass is 32.2. The molecule has 2 aliphatic heterocycles. The molecule has 1 amide bonds. The lowest BCUT2D eigenvalue weighted by molar-refractivity contribution is -0.142. The maximum absolute atomic E-state index is 13.4. The number of anilines is 1. The zero-order valence-corrected chi connectivity index (χ0v) is 22.0. The first-order valence-electron chi connectivity index (χ1n) is 12.5. The zero-order valence-electron chi connectivity index (χ0n) is 21.2. The third-order valence-electron chi connectivity index (χ3n) is 6.89. The lowest BCUT2D eigenvalue weighted by Crippen LogP contribution is -2.47. The standard InChI is InChI=1S/C28H29FN2O7S/c1-36-20-6-3-7-22(12-20)39(34,35)31-19-8-9-25-23(11-19)24-13-21(37-26(16-32)28(24)38-25)14-27(33)30-15-17-4-2-5-18(29)10-17/h2-12,21,24,26,28,31-32H,13-16H2,1H3,(H,30,33)/t21-,24+,26-,28-/m0/s1.